The Balaban J connectivity index is 1.84. The van der Waals surface area contributed by atoms with Gasteiger partial charge in [0, 0.05) is 12.2 Å². The summed E-state index contributed by atoms with van der Waals surface area (Å²) >= 11 is 0. The number of nitrogens with one attached hydrogen (secondary N) is 1. The van der Waals surface area contributed by atoms with E-state index in [1.165, 1.54) is 29.8 Å². The zero-order valence-corrected chi connectivity index (χ0v) is 13.1. The van der Waals surface area contributed by atoms with Crippen LogP contribution in [0.15, 0.2) is 53.5 Å². The number of alkyl halides is 3. The van der Waals surface area contributed by atoms with Gasteiger partial charge in [0.2, 0.25) is 0 Å². The van der Waals surface area contributed by atoms with Crippen molar-refractivity contribution >= 4 is 11.6 Å². The van der Waals surface area contributed by atoms with Crippen LogP contribution < -0.4 is 15.8 Å². The lowest BCUT2D eigenvalue weighted by molar-refractivity contribution is -0.274. The van der Waals surface area contributed by atoms with E-state index in [-0.39, 0.29) is 11.7 Å². The molecule has 0 aliphatic heterocycles. The topological polar surface area (TPSA) is 59.6 Å². The Labute approximate surface area is 138 Å². The summed E-state index contributed by atoms with van der Waals surface area (Å²) in [4.78, 5) is 4.19. The molecule has 0 atom stereocenters. The molecule has 0 aliphatic carbocycles. The Kier molecular flexibility index (Phi) is 5.68. The van der Waals surface area contributed by atoms with E-state index in [0.29, 0.717) is 12.2 Å². The first-order valence-corrected chi connectivity index (χ1v) is 7.30. The summed E-state index contributed by atoms with van der Waals surface area (Å²) in [6.45, 7) is 2.53. The van der Waals surface area contributed by atoms with Gasteiger partial charge < -0.3 is 15.8 Å². The summed E-state index contributed by atoms with van der Waals surface area (Å²) in [6, 6.07) is 13.4. The maximum atomic E-state index is 12.1. The molecule has 0 bridgehead atoms. The molecule has 0 aliphatic rings. The molecule has 3 N–H and O–H groups in total. The summed E-state index contributed by atoms with van der Waals surface area (Å²) < 4.78 is 40.0. The van der Waals surface area contributed by atoms with E-state index >= 15 is 0 Å². The summed E-state index contributed by atoms with van der Waals surface area (Å²) in [5.41, 5.74) is 8.64. The van der Waals surface area contributed by atoms with Crippen molar-refractivity contribution in [3.63, 3.8) is 0 Å². The fourth-order valence-electron chi connectivity index (χ4n) is 1.99. The highest BCUT2D eigenvalue weighted by atomic mass is 19.4. The zero-order valence-electron chi connectivity index (χ0n) is 13.1. The first-order chi connectivity index (χ1) is 11.3. The third kappa shape index (κ3) is 6.20. The minimum absolute atomic E-state index is 0.201. The lowest BCUT2D eigenvalue weighted by Gasteiger charge is -2.10. The Morgan fingerprint density at radius 3 is 2.29 bits per heavy atom. The van der Waals surface area contributed by atoms with Crippen molar-refractivity contribution < 1.29 is 17.9 Å². The molecular formula is C17H18F3N3O. The van der Waals surface area contributed by atoms with E-state index in [4.69, 9.17) is 5.73 Å². The molecule has 0 radical (unpaired) electrons. The van der Waals surface area contributed by atoms with Crippen molar-refractivity contribution in [2.24, 2.45) is 10.7 Å². The molecule has 24 heavy (non-hydrogen) atoms. The molecule has 2 rings (SSSR count). The normalized spacial score (nSPS) is 12.1. The van der Waals surface area contributed by atoms with Gasteiger partial charge in [0.15, 0.2) is 5.96 Å². The van der Waals surface area contributed by atoms with E-state index in [9.17, 15) is 13.2 Å². The lowest BCUT2D eigenvalue weighted by atomic mass is 10.1. The predicted molar refractivity (Wildman–Crippen MR) is 88.1 cm³/mol. The quantitative estimate of drug-likeness (QED) is 0.643. The molecule has 0 spiro atoms. The highest BCUT2D eigenvalue weighted by molar-refractivity contribution is 5.92. The SMILES string of the molecule is Cc1ccc(CCN=C(N)Nc2ccc(OC(F)(F)F)cc2)cc1. The van der Waals surface area contributed by atoms with Crippen LogP contribution in [0, 0.1) is 6.92 Å². The van der Waals surface area contributed by atoms with Crippen LogP contribution in [-0.4, -0.2) is 18.9 Å². The molecule has 0 saturated heterocycles. The standard InChI is InChI=1S/C17H18F3N3O/c1-12-2-4-13(5-3-12)10-11-22-16(21)23-14-6-8-15(9-7-14)24-17(18,19)20/h2-9H,10-11H2,1H3,(H3,21,22,23). The van der Waals surface area contributed by atoms with Gasteiger partial charge in [-0.15, -0.1) is 13.2 Å². The monoisotopic (exact) mass is 337 g/mol. The van der Waals surface area contributed by atoms with E-state index in [1.54, 1.807) is 0 Å². The van der Waals surface area contributed by atoms with Crippen LogP contribution in [0.3, 0.4) is 0 Å². The van der Waals surface area contributed by atoms with E-state index < -0.39 is 6.36 Å². The number of benzene rings is 2. The Morgan fingerprint density at radius 1 is 1.08 bits per heavy atom. The zero-order chi connectivity index (χ0) is 17.6. The second-order valence-corrected chi connectivity index (χ2v) is 5.20. The number of aryl methyl sites for hydroxylation is 1. The van der Waals surface area contributed by atoms with Gasteiger partial charge in [0.25, 0.3) is 0 Å². The van der Waals surface area contributed by atoms with Crippen molar-refractivity contribution in [2.75, 3.05) is 11.9 Å². The molecule has 0 heterocycles. The van der Waals surface area contributed by atoms with Crippen LogP contribution in [0.1, 0.15) is 11.1 Å². The Bertz CT molecular complexity index is 680. The minimum atomic E-state index is -4.70. The van der Waals surface area contributed by atoms with E-state index in [1.807, 2.05) is 31.2 Å². The van der Waals surface area contributed by atoms with Gasteiger partial charge in [-0.3, -0.25) is 4.99 Å². The number of hydrogen-bond donors (Lipinski definition) is 2. The molecule has 128 valence electrons. The number of halogens is 3. The summed E-state index contributed by atoms with van der Waals surface area (Å²) in [5.74, 6) is -0.0884. The van der Waals surface area contributed by atoms with Crippen molar-refractivity contribution in [3.8, 4) is 5.75 Å². The smallest absolute Gasteiger partial charge is 0.406 e. The molecule has 0 aromatic heterocycles. The largest absolute Gasteiger partial charge is 0.573 e. The molecule has 7 heteroatoms. The lowest BCUT2D eigenvalue weighted by Crippen LogP contribution is -2.23. The Morgan fingerprint density at radius 2 is 1.71 bits per heavy atom. The van der Waals surface area contributed by atoms with Crippen molar-refractivity contribution in [1.82, 2.24) is 0 Å². The molecule has 2 aromatic rings. The second kappa shape index (κ2) is 7.72. The average molecular weight is 337 g/mol. The van der Waals surface area contributed by atoms with E-state index in [2.05, 4.69) is 15.0 Å². The van der Waals surface area contributed by atoms with Gasteiger partial charge in [-0.2, -0.15) is 0 Å². The van der Waals surface area contributed by atoms with Gasteiger partial charge in [0.1, 0.15) is 5.75 Å². The van der Waals surface area contributed by atoms with Crippen molar-refractivity contribution in [1.29, 1.82) is 0 Å². The Hall–Kier alpha value is -2.70. The fraction of sp³-hybridized carbons (Fsp3) is 0.235. The van der Waals surface area contributed by atoms with Crippen LogP contribution in [0.2, 0.25) is 0 Å². The predicted octanol–water partition coefficient (Wildman–Crippen LogP) is 3.86. The maximum absolute atomic E-state index is 12.1. The molecule has 2 aromatic carbocycles. The van der Waals surface area contributed by atoms with Gasteiger partial charge in [-0.05, 0) is 43.2 Å². The van der Waals surface area contributed by atoms with Gasteiger partial charge in [-0.1, -0.05) is 29.8 Å². The number of nitrogens with two attached hydrogens (primary N) is 1. The molecule has 0 saturated carbocycles. The van der Waals surface area contributed by atoms with Gasteiger partial charge in [0.05, 0.1) is 0 Å². The van der Waals surface area contributed by atoms with Crippen molar-refractivity contribution in [2.45, 2.75) is 19.7 Å². The first kappa shape index (κ1) is 17.7. The highest BCUT2D eigenvalue weighted by Gasteiger charge is 2.30. The van der Waals surface area contributed by atoms with Gasteiger partial charge in [-0.25, -0.2) is 0 Å². The molecule has 4 nitrogen and oxygen atoms in total. The van der Waals surface area contributed by atoms with Crippen LogP contribution in [0.25, 0.3) is 0 Å². The molecule has 0 fully saturated rings. The summed E-state index contributed by atoms with van der Waals surface area (Å²) in [6.07, 6.45) is -3.95. The summed E-state index contributed by atoms with van der Waals surface area (Å²) in [5, 5.41) is 2.82. The molecule has 0 amide bonds. The van der Waals surface area contributed by atoms with Crippen LogP contribution in [-0.2, 0) is 6.42 Å². The molecule has 0 unspecified atom stereocenters. The number of rotatable bonds is 5. The fourth-order valence-corrected chi connectivity index (χ4v) is 1.99. The van der Waals surface area contributed by atoms with Crippen LogP contribution in [0.4, 0.5) is 18.9 Å². The number of guanidine groups is 1. The van der Waals surface area contributed by atoms with Crippen LogP contribution >= 0.6 is 0 Å². The third-order valence-electron chi connectivity index (χ3n) is 3.16. The maximum Gasteiger partial charge on any atom is 0.573 e. The number of hydrogen-bond acceptors (Lipinski definition) is 2. The first-order valence-electron chi connectivity index (χ1n) is 7.30. The average Bonchev–Trinajstić information content (AvgIpc) is 2.50. The highest BCUT2D eigenvalue weighted by Crippen LogP contribution is 2.23. The summed E-state index contributed by atoms with van der Waals surface area (Å²) in [7, 11) is 0. The number of aliphatic imine (C=N–C) groups is 1. The van der Waals surface area contributed by atoms with Crippen LogP contribution in [0.5, 0.6) is 5.75 Å². The van der Waals surface area contributed by atoms with Gasteiger partial charge >= 0.3 is 6.36 Å². The third-order valence-corrected chi connectivity index (χ3v) is 3.16. The number of nitrogens with zero attached hydrogens (tertiary/aromatic N) is 1. The van der Waals surface area contributed by atoms with E-state index in [0.717, 1.165) is 12.0 Å². The van der Waals surface area contributed by atoms with Crippen molar-refractivity contribution in [3.05, 3.63) is 59.7 Å². The number of anilines is 1. The number of ether oxygens (including phenoxy) is 1. The minimum Gasteiger partial charge on any atom is -0.406 e. The second-order valence-electron chi connectivity index (χ2n) is 5.20. The molecular weight excluding hydrogens is 319 g/mol.